The molecule has 1 saturated heterocycles. The number of nitrogens with one attached hydrogen (secondary N) is 1. The maximum absolute atomic E-state index is 12.5. The van der Waals surface area contributed by atoms with Gasteiger partial charge in [0, 0.05) is 30.7 Å². The SMILES string of the molecule is Cc1nc(C(C)(C)C)sc1C(=O)NCc1ccc(N2CCCC2)cc1. The lowest BCUT2D eigenvalue weighted by atomic mass is 9.98. The van der Waals surface area contributed by atoms with E-state index in [0.717, 1.165) is 34.2 Å². The molecule has 5 heteroatoms. The van der Waals surface area contributed by atoms with Crippen LogP contribution in [0.1, 0.15) is 59.5 Å². The Labute approximate surface area is 154 Å². The third kappa shape index (κ3) is 4.21. The summed E-state index contributed by atoms with van der Waals surface area (Å²) in [5, 5.41) is 4.03. The van der Waals surface area contributed by atoms with Gasteiger partial charge in [-0.2, -0.15) is 0 Å². The number of hydrogen-bond acceptors (Lipinski definition) is 4. The second kappa shape index (κ2) is 7.16. The Hall–Kier alpha value is -1.88. The van der Waals surface area contributed by atoms with Gasteiger partial charge in [-0.3, -0.25) is 4.79 Å². The van der Waals surface area contributed by atoms with Crippen LogP contribution in [0.4, 0.5) is 5.69 Å². The summed E-state index contributed by atoms with van der Waals surface area (Å²) in [4.78, 5) is 20.2. The van der Waals surface area contributed by atoms with Gasteiger partial charge in [-0.05, 0) is 37.5 Å². The zero-order valence-electron chi connectivity index (χ0n) is 15.6. The summed E-state index contributed by atoms with van der Waals surface area (Å²) in [5.41, 5.74) is 3.19. The van der Waals surface area contributed by atoms with E-state index in [9.17, 15) is 4.79 Å². The van der Waals surface area contributed by atoms with E-state index in [0.29, 0.717) is 6.54 Å². The molecule has 2 aromatic rings. The van der Waals surface area contributed by atoms with Gasteiger partial charge in [0.1, 0.15) is 4.88 Å². The Kier molecular flexibility index (Phi) is 5.13. The molecule has 1 N–H and O–H groups in total. The monoisotopic (exact) mass is 357 g/mol. The fourth-order valence-electron chi connectivity index (χ4n) is 2.99. The predicted molar refractivity (Wildman–Crippen MR) is 105 cm³/mol. The summed E-state index contributed by atoms with van der Waals surface area (Å²) in [6.07, 6.45) is 2.56. The highest BCUT2D eigenvalue weighted by Gasteiger charge is 2.23. The molecular weight excluding hydrogens is 330 g/mol. The van der Waals surface area contributed by atoms with Crippen LogP contribution in [0, 0.1) is 6.92 Å². The summed E-state index contributed by atoms with van der Waals surface area (Å²) in [6, 6.07) is 8.52. The van der Waals surface area contributed by atoms with Crippen LogP contribution < -0.4 is 10.2 Å². The number of anilines is 1. The molecule has 0 aliphatic carbocycles. The van der Waals surface area contributed by atoms with Crippen LogP contribution in [0.2, 0.25) is 0 Å². The third-order valence-electron chi connectivity index (χ3n) is 4.51. The van der Waals surface area contributed by atoms with Crippen molar-refractivity contribution in [3.05, 3.63) is 45.4 Å². The summed E-state index contributed by atoms with van der Waals surface area (Å²) < 4.78 is 0. The topological polar surface area (TPSA) is 45.2 Å². The molecule has 3 rings (SSSR count). The first-order chi connectivity index (χ1) is 11.8. The largest absolute Gasteiger partial charge is 0.372 e. The highest BCUT2D eigenvalue weighted by atomic mass is 32.1. The molecule has 0 radical (unpaired) electrons. The van der Waals surface area contributed by atoms with Gasteiger partial charge in [-0.1, -0.05) is 32.9 Å². The number of rotatable bonds is 4. The molecule has 25 heavy (non-hydrogen) atoms. The fraction of sp³-hybridized carbons (Fsp3) is 0.500. The van der Waals surface area contributed by atoms with Gasteiger partial charge in [-0.15, -0.1) is 11.3 Å². The molecule has 0 bridgehead atoms. The summed E-state index contributed by atoms with van der Waals surface area (Å²) >= 11 is 1.50. The highest BCUT2D eigenvalue weighted by molar-refractivity contribution is 7.14. The molecule has 0 unspecified atom stereocenters. The molecule has 0 atom stereocenters. The number of aromatic nitrogens is 1. The number of aryl methyl sites for hydroxylation is 1. The van der Waals surface area contributed by atoms with E-state index in [1.807, 2.05) is 6.92 Å². The Balaban J connectivity index is 1.61. The van der Waals surface area contributed by atoms with Gasteiger partial charge < -0.3 is 10.2 Å². The number of amides is 1. The van der Waals surface area contributed by atoms with Crippen molar-refractivity contribution in [2.75, 3.05) is 18.0 Å². The summed E-state index contributed by atoms with van der Waals surface area (Å²) in [7, 11) is 0. The van der Waals surface area contributed by atoms with Crippen molar-refractivity contribution in [1.29, 1.82) is 0 Å². The minimum Gasteiger partial charge on any atom is -0.372 e. The third-order valence-corrected chi connectivity index (χ3v) is 6.09. The van der Waals surface area contributed by atoms with Crippen LogP contribution in [-0.2, 0) is 12.0 Å². The second-order valence-electron chi connectivity index (χ2n) is 7.73. The molecule has 1 aromatic heterocycles. The normalized spacial score (nSPS) is 14.8. The number of thiazole rings is 1. The van der Waals surface area contributed by atoms with Crippen LogP contribution in [-0.4, -0.2) is 24.0 Å². The van der Waals surface area contributed by atoms with Crippen LogP contribution in [0.15, 0.2) is 24.3 Å². The van der Waals surface area contributed by atoms with Gasteiger partial charge in [0.05, 0.1) is 10.7 Å². The molecule has 1 aliphatic heterocycles. The van der Waals surface area contributed by atoms with Crippen molar-refractivity contribution in [3.8, 4) is 0 Å². The lowest BCUT2D eigenvalue weighted by Crippen LogP contribution is -2.22. The van der Waals surface area contributed by atoms with Crippen molar-refractivity contribution in [1.82, 2.24) is 10.3 Å². The van der Waals surface area contributed by atoms with E-state index < -0.39 is 0 Å². The van der Waals surface area contributed by atoms with Gasteiger partial charge >= 0.3 is 0 Å². The molecule has 1 aromatic carbocycles. The Morgan fingerprint density at radius 2 is 1.84 bits per heavy atom. The highest BCUT2D eigenvalue weighted by Crippen LogP contribution is 2.29. The van der Waals surface area contributed by atoms with Crippen LogP contribution in [0.3, 0.4) is 0 Å². The average Bonchev–Trinajstić information content (AvgIpc) is 3.22. The van der Waals surface area contributed by atoms with Crippen molar-refractivity contribution < 1.29 is 4.79 Å². The lowest BCUT2D eigenvalue weighted by Gasteiger charge is -2.17. The number of hydrogen-bond donors (Lipinski definition) is 1. The second-order valence-corrected chi connectivity index (χ2v) is 8.73. The van der Waals surface area contributed by atoms with E-state index in [4.69, 9.17) is 0 Å². The Bertz CT molecular complexity index is 737. The van der Waals surface area contributed by atoms with E-state index in [2.05, 4.69) is 60.2 Å². The maximum Gasteiger partial charge on any atom is 0.263 e. The van der Waals surface area contributed by atoms with Crippen LogP contribution in [0.25, 0.3) is 0 Å². The van der Waals surface area contributed by atoms with Gasteiger partial charge in [0.15, 0.2) is 0 Å². The minimum absolute atomic E-state index is 0.0284. The van der Waals surface area contributed by atoms with Crippen molar-refractivity contribution in [2.24, 2.45) is 0 Å². The quantitative estimate of drug-likeness (QED) is 0.888. The Morgan fingerprint density at radius 1 is 1.20 bits per heavy atom. The Morgan fingerprint density at radius 3 is 2.40 bits per heavy atom. The predicted octanol–water partition coefficient (Wildman–Crippen LogP) is 4.28. The van der Waals surface area contributed by atoms with E-state index in [1.165, 1.54) is 29.9 Å². The van der Waals surface area contributed by atoms with E-state index >= 15 is 0 Å². The average molecular weight is 358 g/mol. The smallest absolute Gasteiger partial charge is 0.263 e. The first kappa shape index (κ1) is 17.9. The number of carbonyl (C=O) groups is 1. The molecule has 1 fully saturated rings. The maximum atomic E-state index is 12.5. The minimum atomic E-state index is -0.0332. The van der Waals surface area contributed by atoms with Crippen molar-refractivity contribution in [3.63, 3.8) is 0 Å². The van der Waals surface area contributed by atoms with Crippen LogP contribution >= 0.6 is 11.3 Å². The molecule has 1 amide bonds. The molecule has 4 nitrogen and oxygen atoms in total. The molecule has 1 aliphatic rings. The van der Waals surface area contributed by atoms with Gasteiger partial charge in [0.25, 0.3) is 5.91 Å². The van der Waals surface area contributed by atoms with Gasteiger partial charge in [-0.25, -0.2) is 4.98 Å². The van der Waals surface area contributed by atoms with E-state index in [-0.39, 0.29) is 11.3 Å². The molecule has 2 heterocycles. The molecule has 0 saturated carbocycles. The van der Waals surface area contributed by atoms with Crippen molar-refractivity contribution in [2.45, 2.75) is 52.5 Å². The number of nitrogens with zero attached hydrogens (tertiary/aromatic N) is 2. The zero-order chi connectivity index (χ0) is 18.0. The first-order valence-corrected chi connectivity index (χ1v) is 9.76. The lowest BCUT2D eigenvalue weighted by molar-refractivity contribution is 0.0954. The number of carbonyl (C=O) groups excluding carboxylic acids is 1. The molecular formula is C20H27N3OS. The zero-order valence-corrected chi connectivity index (χ0v) is 16.4. The fourth-order valence-corrected chi connectivity index (χ4v) is 4.03. The first-order valence-electron chi connectivity index (χ1n) is 8.94. The summed E-state index contributed by atoms with van der Waals surface area (Å²) in [6.45, 7) is 11.1. The standard InChI is InChI=1S/C20H27N3OS/c1-14-17(25-19(22-14)20(2,3)4)18(24)21-13-15-7-9-16(10-8-15)23-11-5-6-12-23/h7-10H,5-6,11-13H2,1-4H3,(H,21,24). The van der Waals surface area contributed by atoms with E-state index in [1.54, 1.807) is 0 Å². The summed E-state index contributed by atoms with van der Waals surface area (Å²) in [5.74, 6) is -0.0332. The molecule has 0 spiro atoms. The number of benzene rings is 1. The van der Waals surface area contributed by atoms with Crippen molar-refractivity contribution >= 4 is 22.9 Å². The van der Waals surface area contributed by atoms with Crippen LogP contribution in [0.5, 0.6) is 0 Å². The van der Waals surface area contributed by atoms with Gasteiger partial charge in [0.2, 0.25) is 0 Å². The molecule has 134 valence electrons.